The van der Waals surface area contributed by atoms with Crippen LogP contribution in [-0.2, 0) is 9.47 Å². The first-order chi connectivity index (χ1) is 9.95. The van der Waals surface area contributed by atoms with E-state index in [1.165, 1.54) is 13.2 Å². The number of carbonyl (C=O) groups excluding carboxylic acids is 1. The highest BCUT2D eigenvalue weighted by Gasteiger charge is 2.20. The maximum atomic E-state index is 11.4. The van der Waals surface area contributed by atoms with Crippen molar-refractivity contribution in [3.05, 3.63) is 27.9 Å². The van der Waals surface area contributed by atoms with Gasteiger partial charge in [0.05, 0.1) is 18.6 Å². The molecule has 0 unspecified atom stereocenters. The molecular formula is C13H18N2O6. The van der Waals surface area contributed by atoms with Gasteiger partial charge in [0.2, 0.25) is 0 Å². The van der Waals surface area contributed by atoms with Crippen LogP contribution in [0.4, 0.5) is 5.69 Å². The van der Waals surface area contributed by atoms with Crippen LogP contribution in [0.25, 0.3) is 0 Å². The van der Waals surface area contributed by atoms with Gasteiger partial charge < -0.3 is 14.2 Å². The van der Waals surface area contributed by atoms with Crippen molar-refractivity contribution in [3.63, 3.8) is 0 Å². The first kappa shape index (κ1) is 16.8. The highest BCUT2D eigenvalue weighted by atomic mass is 16.6. The molecule has 0 radical (unpaired) electrons. The zero-order valence-electron chi connectivity index (χ0n) is 12.2. The van der Waals surface area contributed by atoms with E-state index in [1.54, 1.807) is 0 Å². The van der Waals surface area contributed by atoms with Gasteiger partial charge >= 0.3 is 11.7 Å². The third-order valence-electron chi connectivity index (χ3n) is 2.35. The number of pyridine rings is 1. The number of aromatic nitrogens is 1. The first-order valence-corrected chi connectivity index (χ1v) is 6.40. The van der Waals surface area contributed by atoms with Crippen molar-refractivity contribution in [1.29, 1.82) is 0 Å². The van der Waals surface area contributed by atoms with Gasteiger partial charge in [-0.15, -0.1) is 0 Å². The number of nitrogens with zero attached hydrogens (tertiary/aromatic N) is 2. The van der Waals surface area contributed by atoms with Crippen LogP contribution in [-0.4, -0.2) is 42.8 Å². The van der Waals surface area contributed by atoms with Gasteiger partial charge in [-0.3, -0.25) is 10.1 Å². The molecule has 0 aromatic carbocycles. The second-order valence-corrected chi connectivity index (χ2v) is 4.59. The van der Waals surface area contributed by atoms with E-state index in [1.807, 2.05) is 13.8 Å². The molecule has 8 heteroatoms. The lowest BCUT2D eigenvalue weighted by Gasteiger charge is -2.09. The number of nitro groups is 1. The molecule has 0 bridgehead atoms. The number of hydrogen-bond donors (Lipinski definition) is 0. The van der Waals surface area contributed by atoms with Gasteiger partial charge in [0, 0.05) is 12.7 Å². The van der Waals surface area contributed by atoms with Crippen molar-refractivity contribution in [2.75, 3.05) is 26.9 Å². The molecule has 0 saturated carbocycles. The van der Waals surface area contributed by atoms with Crippen LogP contribution in [0.15, 0.2) is 12.1 Å². The van der Waals surface area contributed by atoms with Crippen LogP contribution in [0.2, 0.25) is 0 Å². The predicted molar refractivity (Wildman–Crippen MR) is 73.4 cm³/mol. The standard InChI is InChI=1S/C13H18N2O6/c1-9(2)8-20-6-7-21-12-11(15(17)18)5-4-10(14-12)13(16)19-3/h4-5,9H,6-8H2,1-3H3. The molecule has 1 rings (SSSR count). The number of hydrogen-bond acceptors (Lipinski definition) is 7. The summed E-state index contributed by atoms with van der Waals surface area (Å²) in [6, 6.07) is 2.37. The minimum absolute atomic E-state index is 0.0544. The highest BCUT2D eigenvalue weighted by Crippen LogP contribution is 2.24. The van der Waals surface area contributed by atoms with E-state index in [-0.39, 0.29) is 30.5 Å². The molecule has 0 aliphatic rings. The Morgan fingerprint density at radius 1 is 1.38 bits per heavy atom. The molecule has 8 nitrogen and oxygen atoms in total. The number of carbonyl (C=O) groups is 1. The smallest absolute Gasteiger partial charge is 0.356 e. The SMILES string of the molecule is COC(=O)c1ccc([N+](=O)[O-])c(OCCOCC(C)C)n1. The molecule has 0 spiro atoms. The fraction of sp³-hybridized carbons (Fsp3) is 0.538. The van der Waals surface area contributed by atoms with Crippen LogP contribution in [0.3, 0.4) is 0 Å². The minimum atomic E-state index is -0.689. The van der Waals surface area contributed by atoms with Gasteiger partial charge in [0.15, 0.2) is 5.69 Å². The summed E-state index contributed by atoms with van der Waals surface area (Å²) in [6.45, 7) is 4.96. The summed E-state index contributed by atoms with van der Waals surface area (Å²) in [4.78, 5) is 25.4. The van der Waals surface area contributed by atoms with Crippen LogP contribution in [0, 0.1) is 16.0 Å². The second-order valence-electron chi connectivity index (χ2n) is 4.59. The third-order valence-corrected chi connectivity index (χ3v) is 2.35. The normalized spacial score (nSPS) is 10.5. The molecule has 0 amide bonds. The molecular weight excluding hydrogens is 280 g/mol. The van der Waals surface area contributed by atoms with Crippen LogP contribution >= 0.6 is 0 Å². The maximum absolute atomic E-state index is 11.4. The Hall–Kier alpha value is -2.22. The Balaban J connectivity index is 2.72. The molecule has 0 atom stereocenters. The van der Waals surface area contributed by atoms with Crippen molar-refractivity contribution in [2.45, 2.75) is 13.8 Å². The lowest BCUT2D eigenvalue weighted by Crippen LogP contribution is -2.13. The second kappa shape index (κ2) is 8.15. The van der Waals surface area contributed by atoms with E-state index in [0.717, 1.165) is 6.07 Å². The van der Waals surface area contributed by atoms with Gasteiger partial charge in [-0.1, -0.05) is 13.8 Å². The Kier molecular flexibility index (Phi) is 6.54. The summed E-state index contributed by atoms with van der Waals surface area (Å²) in [5, 5.41) is 10.9. The maximum Gasteiger partial charge on any atom is 0.356 e. The summed E-state index contributed by atoms with van der Waals surface area (Å²) < 4.78 is 15.0. The van der Waals surface area contributed by atoms with Gasteiger partial charge in [-0.25, -0.2) is 9.78 Å². The molecule has 0 fully saturated rings. The Morgan fingerprint density at radius 2 is 2.10 bits per heavy atom. The molecule has 0 saturated heterocycles. The van der Waals surface area contributed by atoms with E-state index in [0.29, 0.717) is 12.5 Å². The average molecular weight is 298 g/mol. The zero-order chi connectivity index (χ0) is 15.8. The summed E-state index contributed by atoms with van der Waals surface area (Å²) in [7, 11) is 1.20. The minimum Gasteiger partial charge on any atom is -0.470 e. The molecule has 0 N–H and O–H groups in total. The quantitative estimate of drug-likeness (QED) is 0.312. The molecule has 1 aromatic rings. The highest BCUT2D eigenvalue weighted by molar-refractivity contribution is 5.87. The van der Waals surface area contributed by atoms with E-state index in [9.17, 15) is 14.9 Å². The lowest BCUT2D eigenvalue weighted by molar-refractivity contribution is -0.386. The van der Waals surface area contributed by atoms with E-state index in [4.69, 9.17) is 9.47 Å². The van der Waals surface area contributed by atoms with Crippen molar-refractivity contribution in [1.82, 2.24) is 4.98 Å². The van der Waals surface area contributed by atoms with Gasteiger partial charge in [0.25, 0.3) is 5.88 Å². The van der Waals surface area contributed by atoms with E-state index < -0.39 is 10.9 Å². The molecule has 0 aliphatic carbocycles. The van der Waals surface area contributed by atoms with Crippen molar-refractivity contribution in [2.24, 2.45) is 5.92 Å². The number of esters is 1. The largest absolute Gasteiger partial charge is 0.470 e. The van der Waals surface area contributed by atoms with Crippen LogP contribution in [0.1, 0.15) is 24.3 Å². The Morgan fingerprint density at radius 3 is 2.67 bits per heavy atom. The summed E-state index contributed by atoms with van der Waals surface area (Å²) >= 11 is 0. The molecule has 1 aromatic heterocycles. The molecule has 0 aliphatic heterocycles. The average Bonchev–Trinajstić information content (AvgIpc) is 2.45. The zero-order valence-corrected chi connectivity index (χ0v) is 12.2. The lowest BCUT2D eigenvalue weighted by atomic mass is 10.2. The van der Waals surface area contributed by atoms with E-state index in [2.05, 4.69) is 9.72 Å². The van der Waals surface area contributed by atoms with E-state index >= 15 is 0 Å². The summed E-state index contributed by atoms with van der Waals surface area (Å²) in [5.41, 5.74) is -0.368. The molecule has 116 valence electrons. The number of rotatable bonds is 8. The summed E-state index contributed by atoms with van der Waals surface area (Å²) in [5.74, 6) is -0.526. The number of ether oxygens (including phenoxy) is 3. The van der Waals surface area contributed by atoms with Gasteiger partial charge in [0.1, 0.15) is 6.61 Å². The predicted octanol–water partition coefficient (Wildman–Crippen LogP) is 1.83. The Bertz CT molecular complexity index is 503. The third kappa shape index (κ3) is 5.35. The fourth-order valence-corrected chi connectivity index (χ4v) is 1.41. The monoisotopic (exact) mass is 298 g/mol. The summed E-state index contributed by atoms with van der Waals surface area (Å²) in [6.07, 6.45) is 0. The number of methoxy groups -OCH3 is 1. The van der Waals surface area contributed by atoms with Gasteiger partial charge in [-0.2, -0.15) is 0 Å². The van der Waals surface area contributed by atoms with Crippen molar-refractivity contribution in [3.8, 4) is 5.88 Å². The molecule has 1 heterocycles. The van der Waals surface area contributed by atoms with Crippen molar-refractivity contribution < 1.29 is 23.9 Å². The topological polar surface area (TPSA) is 101 Å². The fourth-order valence-electron chi connectivity index (χ4n) is 1.41. The van der Waals surface area contributed by atoms with Crippen molar-refractivity contribution >= 4 is 11.7 Å². The van der Waals surface area contributed by atoms with Crippen LogP contribution < -0.4 is 4.74 Å². The Labute approximate surface area is 122 Å². The molecule has 21 heavy (non-hydrogen) atoms. The van der Waals surface area contributed by atoms with Crippen LogP contribution in [0.5, 0.6) is 5.88 Å². The van der Waals surface area contributed by atoms with Gasteiger partial charge in [-0.05, 0) is 12.0 Å². The first-order valence-electron chi connectivity index (χ1n) is 6.40.